The molecule has 0 aliphatic carbocycles. The minimum Gasteiger partial charge on any atom is -0.508 e. The maximum Gasteiger partial charge on any atom is 0.183 e. The van der Waals surface area contributed by atoms with Crippen LogP contribution >= 0.6 is 0 Å². The summed E-state index contributed by atoms with van der Waals surface area (Å²) in [7, 11) is 0. The lowest BCUT2D eigenvalue weighted by atomic mass is 10.1. The van der Waals surface area contributed by atoms with Gasteiger partial charge in [0.25, 0.3) is 0 Å². The number of nitriles is 1. The van der Waals surface area contributed by atoms with Crippen molar-refractivity contribution in [2.45, 2.75) is 6.42 Å². The smallest absolute Gasteiger partial charge is 0.183 e. The molecule has 20 heavy (non-hydrogen) atoms. The van der Waals surface area contributed by atoms with Crippen molar-refractivity contribution in [1.29, 1.82) is 5.26 Å². The molecule has 0 fully saturated rings. The van der Waals surface area contributed by atoms with Crippen LogP contribution in [0.15, 0.2) is 36.4 Å². The average molecular weight is 274 g/mol. The zero-order chi connectivity index (χ0) is 14.5. The predicted octanol–water partition coefficient (Wildman–Crippen LogP) is 3.20. The van der Waals surface area contributed by atoms with Crippen LogP contribution in [0.5, 0.6) is 5.75 Å². The van der Waals surface area contributed by atoms with Crippen LogP contribution in [0, 0.1) is 23.0 Å². The van der Waals surface area contributed by atoms with E-state index in [1.165, 1.54) is 12.1 Å². The fraction of sp³-hybridized carbons (Fsp3) is 0.133. The highest BCUT2D eigenvalue weighted by atomic mass is 19.2. The fourth-order valence-electron chi connectivity index (χ4n) is 1.78. The summed E-state index contributed by atoms with van der Waals surface area (Å²) in [4.78, 5) is 0. The summed E-state index contributed by atoms with van der Waals surface area (Å²) < 4.78 is 27.0. The molecule has 0 amide bonds. The van der Waals surface area contributed by atoms with Crippen molar-refractivity contribution in [3.8, 4) is 11.8 Å². The molecule has 2 aromatic rings. The lowest BCUT2D eigenvalue weighted by molar-refractivity contribution is 0.475. The quantitative estimate of drug-likeness (QED) is 0.900. The maximum atomic E-state index is 13.6. The van der Waals surface area contributed by atoms with Crippen molar-refractivity contribution in [2.24, 2.45) is 0 Å². The molecular formula is C15H12F2N2O. The van der Waals surface area contributed by atoms with Crippen molar-refractivity contribution in [1.82, 2.24) is 0 Å². The van der Waals surface area contributed by atoms with Crippen LogP contribution in [0.2, 0.25) is 0 Å². The number of halogens is 2. The van der Waals surface area contributed by atoms with Gasteiger partial charge in [-0.2, -0.15) is 5.26 Å². The van der Waals surface area contributed by atoms with Crippen LogP contribution in [0.1, 0.15) is 11.1 Å². The SMILES string of the molecule is N#Cc1ccc(NCCc2ccc(O)cc2)c(F)c1F. The molecule has 2 rings (SSSR count). The van der Waals surface area contributed by atoms with E-state index < -0.39 is 11.6 Å². The number of nitrogens with one attached hydrogen (secondary N) is 1. The summed E-state index contributed by atoms with van der Waals surface area (Å²) in [5, 5.41) is 20.5. The Morgan fingerprint density at radius 2 is 1.75 bits per heavy atom. The molecule has 0 atom stereocenters. The molecule has 2 aromatic carbocycles. The summed E-state index contributed by atoms with van der Waals surface area (Å²) in [6.07, 6.45) is 0.599. The van der Waals surface area contributed by atoms with E-state index in [2.05, 4.69) is 5.32 Å². The molecule has 0 bridgehead atoms. The zero-order valence-corrected chi connectivity index (χ0v) is 10.5. The summed E-state index contributed by atoms with van der Waals surface area (Å²) >= 11 is 0. The number of nitrogens with zero attached hydrogens (tertiary/aromatic N) is 1. The number of hydrogen-bond acceptors (Lipinski definition) is 3. The van der Waals surface area contributed by atoms with Gasteiger partial charge in [0.1, 0.15) is 11.8 Å². The van der Waals surface area contributed by atoms with Gasteiger partial charge in [0, 0.05) is 6.54 Å². The molecular weight excluding hydrogens is 262 g/mol. The normalized spacial score (nSPS) is 10.1. The van der Waals surface area contributed by atoms with Gasteiger partial charge in [-0.25, -0.2) is 8.78 Å². The molecule has 102 valence electrons. The van der Waals surface area contributed by atoms with Gasteiger partial charge in [-0.05, 0) is 36.2 Å². The van der Waals surface area contributed by atoms with E-state index in [0.717, 1.165) is 5.56 Å². The number of phenols is 1. The molecule has 5 heteroatoms. The number of anilines is 1. The Morgan fingerprint density at radius 3 is 2.40 bits per heavy atom. The largest absolute Gasteiger partial charge is 0.508 e. The van der Waals surface area contributed by atoms with Gasteiger partial charge in [0.05, 0.1) is 11.3 Å². The van der Waals surface area contributed by atoms with E-state index in [-0.39, 0.29) is 17.0 Å². The Balaban J connectivity index is 2.00. The topological polar surface area (TPSA) is 56.0 Å². The average Bonchev–Trinajstić information content (AvgIpc) is 2.46. The number of rotatable bonds is 4. The van der Waals surface area contributed by atoms with Crippen molar-refractivity contribution >= 4 is 5.69 Å². The highest BCUT2D eigenvalue weighted by molar-refractivity contribution is 5.49. The second-order valence-electron chi connectivity index (χ2n) is 4.24. The van der Waals surface area contributed by atoms with Gasteiger partial charge in [0.2, 0.25) is 0 Å². The monoisotopic (exact) mass is 274 g/mol. The zero-order valence-electron chi connectivity index (χ0n) is 10.5. The second kappa shape index (κ2) is 6.02. The first-order valence-corrected chi connectivity index (χ1v) is 6.01. The first-order valence-electron chi connectivity index (χ1n) is 6.01. The lowest BCUT2D eigenvalue weighted by Crippen LogP contribution is -2.07. The lowest BCUT2D eigenvalue weighted by Gasteiger charge is -2.08. The molecule has 2 N–H and O–H groups in total. The fourth-order valence-corrected chi connectivity index (χ4v) is 1.78. The molecule has 0 unspecified atom stereocenters. The number of phenolic OH excluding ortho intramolecular Hbond substituents is 1. The van der Waals surface area contributed by atoms with Crippen LogP contribution in [-0.4, -0.2) is 11.7 Å². The minimum atomic E-state index is -1.14. The van der Waals surface area contributed by atoms with Crippen molar-refractivity contribution in [3.63, 3.8) is 0 Å². The Labute approximate surface area is 115 Å². The van der Waals surface area contributed by atoms with Crippen molar-refractivity contribution in [3.05, 3.63) is 59.2 Å². The van der Waals surface area contributed by atoms with E-state index in [1.54, 1.807) is 30.3 Å². The van der Waals surface area contributed by atoms with Gasteiger partial charge in [-0.15, -0.1) is 0 Å². The van der Waals surface area contributed by atoms with Crippen molar-refractivity contribution in [2.75, 3.05) is 11.9 Å². The predicted molar refractivity (Wildman–Crippen MR) is 71.4 cm³/mol. The third kappa shape index (κ3) is 3.04. The molecule has 0 saturated carbocycles. The van der Waals surface area contributed by atoms with Gasteiger partial charge in [-0.3, -0.25) is 0 Å². The van der Waals surface area contributed by atoms with E-state index in [9.17, 15) is 8.78 Å². The van der Waals surface area contributed by atoms with Gasteiger partial charge < -0.3 is 10.4 Å². The first kappa shape index (κ1) is 13.8. The second-order valence-corrected chi connectivity index (χ2v) is 4.24. The third-order valence-electron chi connectivity index (χ3n) is 2.87. The van der Waals surface area contributed by atoms with Crippen LogP contribution < -0.4 is 5.32 Å². The molecule has 3 nitrogen and oxygen atoms in total. The molecule has 0 aromatic heterocycles. The number of benzene rings is 2. The molecule has 0 saturated heterocycles. The Hall–Kier alpha value is -2.61. The summed E-state index contributed by atoms with van der Waals surface area (Å²) in [6.45, 7) is 0.410. The van der Waals surface area contributed by atoms with Gasteiger partial charge in [0.15, 0.2) is 11.6 Å². The van der Waals surface area contributed by atoms with Crippen LogP contribution in [0.4, 0.5) is 14.5 Å². The molecule has 0 spiro atoms. The number of aromatic hydroxyl groups is 1. The molecule has 0 aliphatic rings. The summed E-state index contributed by atoms with van der Waals surface area (Å²) in [5.74, 6) is -2.00. The van der Waals surface area contributed by atoms with Gasteiger partial charge in [-0.1, -0.05) is 12.1 Å². The van der Waals surface area contributed by atoms with Crippen LogP contribution in [0.3, 0.4) is 0 Å². The minimum absolute atomic E-state index is 0.0280. The summed E-state index contributed by atoms with van der Waals surface area (Å²) in [5.41, 5.74) is 0.677. The van der Waals surface area contributed by atoms with E-state index in [4.69, 9.17) is 10.4 Å². The van der Waals surface area contributed by atoms with E-state index in [0.29, 0.717) is 13.0 Å². The highest BCUT2D eigenvalue weighted by Gasteiger charge is 2.12. The standard InChI is InChI=1S/C15H12F2N2O/c16-14-11(9-18)3-6-13(15(14)17)19-8-7-10-1-4-12(20)5-2-10/h1-6,19-20H,7-8H2. The van der Waals surface area contributed by atoms with Crippen LogP contribution in [-0.2, 0) is 6.42 Å². The molecule has 0 aliphatic heterocycles. The van der Waals surface area contributed by atoms with E-state index >= 15 is 0 Å². The van der Waals surface area contributed by atoms with Gasteiger partial charge >= 0.3 is 0 Å². The molecule has 0 heterocycles. The first-order chi connectivity index (χ1) is 9.61. The number of hydrogen-bond donors (Lipinski definition) is 2. The van der Waals surface area contributed by atoms with Crippen molar-refractivity contribution < 1.29 is 13.9 Å². The van der Waals surface area contributed by atoms with Crippen LogP contribution in [0.25, 0.3) is 0 Å². The third-order valence-corrected chi connectivity index (χ3v) is 2.87. The summed E-state index contributed by atoms with van der Waals surface area (Å²) in [6, 6.07) is 10.8. The Morgan fingerprint density at radius 1 is 1.05 bits per heavy atom. The highest BCUT2D eigenvalue weighted by Crippen LogP contribution is 2.20. The van der Waals surface area contributed by atoms with E-state index in [1.807, 2.05) is 0 Å². The Bertz CT molecular complexity index is 648. The Kier molecular flexibility index (Phi) is 4.16. The maximum absolute atomic E-state index is 13.6. The molecule has 0 radical (unpaired) electrons.